The monoisotopic (exact) mass is 404 g/mol. The van der Waals surface area contributed by atoms with Gasteiger partial charge in [-0.1, -0.05) is 54.1 Å². The molecular weight excluding hydrogens is 387 g/mol. The van der Waals surface area contributed by atoms with Gasteiger partial charge in [0.2, 0.25) is 0 Å². The van der Waals surface area contributed by atoms with E-state index in [1.54, 1.807) is 24.3 Å². The van der Waals surface area contributed by atoms with Crippen LogP contribution >= 0.6 is 11.6 Å². The largest absolute Gasteiger partial charge is 0.356 e. The SMILES string of the molecule is O=C(c1ccccc1Cl)N1CCc2c([nH]c3ccccc23)C1c1ccc(F)cc1. The van der Waals surface area contributed by atoms with Gasteiger partial charge >= 0.3 is 0 Å². The Hall–Kier alpha value is -3.11. The third-order valence-electron chi connectivity index (χ3n) is 5.59. The molecule has 1 unspecified atom stereocenters. The molecular formula is C24H18ClFN2O. The van der Waals surface area contributed by atoms with E-state index in [1.807, 2.05) is 35.2 Å². The van der Waals surface area contributed by atoms with Crippen LogP contribution in [-0.2, 0) is 6.42 Å². The van der Waals surface area contributed by atoms with Gasteiger partial charge in [-0.3, -0.25) is 4.79 Å². The fraction of sp³-hybridized carbons (Fsp3) is 0.125. The Labute approximate surface area is 172 Å². The Morgan fingerprint density at radius 3 is 2.52 bits per heavy atom. The van der Waals surface area contributed by atoms with Crippen LogP contribution in [0.15, 0.2) is 72.8 Å². The molecule has 0 spiro atoms. The van der Waals surface area contributed by atoms with Crippen LogP contribution in [0.25, 0.3) is 10.9 Å². The molecule has 0 saturated heterocycles. The van der Waals surface area contributed by atoms with E-state index in [9.17, 15) is 9.18 Å². The number of hydrogen-bond acceptors (Lipinski definition) is 1. The van der Waals surface area contributed by atoms with Crippen molar-refractivity contribution in [2.45, 2.75) is 12.5 Å². The smallest absolute Gasteiger partial charge is 0.256 e. The predicted molar refractivity (Wildman–Crippen MR) is 113 cm³/mol. The standard InChI is InChI=1S/C24H18ClFN2O/c25-20-7-3-1-6-19(20)24(29)28-14-13-18-17-5-2-4-8-21(17)27-22(18)23(28)15-9-11-16(26)12-10-15/h1-12,23,27H,13-14H2. The van der Waals surface area contributed by atoms with Crippen molar-refractivity contribution < 1.29 is 9.18 Å². The highest BCUT2D eigenvalue weighted by atomic mass is 35.5. The molecule has 0 bridgehead atoms. The molecule has 1 aliphatic heterocycles. The second-order valence-electron chi connectivity index (χ2n) is 7.25. The van der Waals surface area contributed by atoms with Crippen molar-refractivity contribution in [2.75, 3.05) is 6.54 Å². The zero-order chi connectivity index (χ0) is 20.0. The topological polar surface area (TPSA) is 36.1 Å². The number of benzene rings is 3. The number of carbonyl (C=O) groups is 1. The summed E-state index contributed by atoms with van der Waals surface area (Å²) in [5.74, 6) is -0.431. The first kappa shape index (κ1) is 18.0. The lowest BCUT2D eigenvalue weighted by atomic mass is 9.91. The van der Waals surface area contributed by atoms with Gasteiger partial charge in [0.05, 0.1) is 16.6 Å². The summed E-state index contributed by atoms with van der Waals surface area (Å²) in [6.07, 6.45) is 0.743. The molecule has 0 aliphatic carbocycles. The van der Waals surface area contributed by atoms with Crippen LogP contribution in [0.3, 0.4) is 0 Å². The van der Waals surface area contributed by atoms with E-state index in [4.69, 9.17) is 11.6 Å². The lowest BCUT2D eigenvalue weighted by Gasteiger charge is -2.36. The maximum atomic E-state index is 13.6. The first-order valence-electron chi connectivity index (χ1n) is 9.54. The molecule has 0 fully saturated rings. The van der Waals surface area contributed by atoms with Crippen LogP contribution in [0, 0.1) is 5.82 Å². The zero-order valence-corrected chi connectivity index (χ0v) is 16.3. The van der Waals surface area contributed by atoms with Crippen LogP contribution < -0.4 is 0 Å². The van der Waals surface area contributed by atoms with Crippen molar-refractivity contribution in [3.63, 3.8) is 0 Å². The van der Waals surface area contributed by atoms with Crippen molar-refractivity contribution >= 4 is 28.4 Å². The van der Waals surface area contributed by atoms with Crippen LogP contribution in [-0.4, -0.2) is 22.3 Å². The summed E-state index contributed by atoms with van der Waals surface area (Å²) >= 11 is 6.31. The lowest BCUT2D eigenvalue weighted by Crippen LogP contribution is -2.40. The van der Waals surface area contributed by atoms with Gasteiger partial charge < -0.3 is 9.88 Å². The third-order valence-corrected chi connectivity index (χ3v) is 5.91. The number of amides is 1. The number of nitrogens with zero attached hydrogens (tertiary/aromatic N) is 1. The Morgan fingerprint density at radius 1 is 1.00 bits per heavy atom. The summed E-state index contributed by atoms with van der Waals surface area (Å²) in [4.78, 5) is 18.8. The Bertz CT molecular complexity index is 1220. The molecule has 29 heavy (non-hydrogen) atoms. The molecule has 3 nitrogen and oxygen atoms in total. The summed E-state index contributed by atoms with van der Waals surface area (Å²) in [7, 11) is 0. The number of carbonyl (C=O) groups excluding carboxylic acids is 1. The zero-order valence-electron chi connectivity index (χ0n) is 15.5. The molecule has 1 aromatic heterocycles. The van der Waals surface area contributed by atoms with Crippen molar-refractivity contribution in [2.24, 2.45) is 0 Å². The quantitative estimate of drug-likeness (QED) is 0.453. The van der Waals surface area contributed by atoms with Gasteiger partial charge in [-0.15, -0.1) is 0 Å². The van der Waals surface area contributed by atoms with Crippen molar-refractivity contribution in [1.82, 2.24) is 9.88 Å². The van der Waals surface area contributed by atoms with E-state index in [1.165, 1.54) is 23.1 Å². The van der Waals surface area contributed by atoms with E-state index in [-0.39, 0.29) is 17.8 Å². The second-order valence-corrected chi connectivity index (χ2v) is 7.65. The molecule has 144 valence electrons. The highest BCUT2D eigenvalue weighted by Crippen LogP contribution is 2.39. The van der Waals surface area contributed by atoms with Gasteiger partial charge in [-0.2, -0.15) is 0 Å². The van der Waals surface area contributed by atoms with Gasteiger partial charge in [-0.25, -0.2) is 4.39 Å². The second kappa shape index (κ2) is 7.05. The number of aromatic amines is 1. The molecule has 2 heterocycles. The van der Waals surface area contributed by atoms with E-state index in [0.717, 1.165) is 23.2 Å². The lowest BCUT2D eigenvalue weighted by molar-refractivity contribution is 0.0692. The molecule has 1 aliphatic rings. The van der Waals surface area contributed by atoms with E-state index < -0.39 is 0 Å². The van der Waals surface area contributed by atoms with Gasteiger partial charge in [-0.05, 0) is 47.9 Å². The average Bonchev–Trinajstić information content (AvgIpc) is 3.12. The number of nitrogens with one attached hydrogen (secondary N) is 1. The van der Waals surface area contributed by atoms with Gasteiger partial charge in [0, 0.05) is 23.1 Å². The summed E-state index contributed by atoms with van der Waals surface area (Å²) in [5.41, 5.74) is 4.55. The van der Waals surface area contributed by atoms with Crippen LogP contribution in [0.1, 0.15) is 33.2 Å². The minimum Gasteiger partial charge on any atom is -0.356 e. The molecule has 4 aromatic rings. The van der Waals surface area contributed by atoms with Crippen molar-refractivity contribution in [1.29, 1.82) is 0 Å². The highest BCUT2D eigenvalue weighted by Gasteiger charge is 2.35. The molecule has 0 saturated carbocycles. The van der Waals surface area contributed by atoms with Gasteiger partial charge in [0.1, 0.15) is 5.82 Å². The van der Waals surface area contributed by atoms with Crippen molar-refractivity contribution in [3.8, 4) is 0 Å². The van der Waals surface area contributed by atoms with Crippen LogP contribution in [0.5, 0.6) is 0 Å². The molecule has 1 atom stereocenters. The first-order chi connectivity index (χ1) is 14.1. The van der Waals surface area contributed by atoms with Crippen LogP contribution in [0.2, 0.25) is 5.02 Å². The molecule has 1 amide bonds. The molecule has 0 radical (unpaired) electrons. The number of aromatic nitrogens is 1. The fourth-order valence-electron chi connectivity index (χ4n) is 4.24. The number of para-hydroxylation sites is 1. The fourth-order valence-corrected chi connectivity index (χ4v) is 4.46. The minimum atomic E-state index is -0.337. The number of fused-ring (bicyclic) bond motifs is 3. The Balaban J connectivity index is 1.68. The number of hydrogen-bond donors (Lipinski definition) is 1. The highest BCUT2D eigenvalue weighted by molar-refractivity contribution is 6.33. The molecule has 5 heteroatoms. The predicted octanol–water partition coefficient (Wildman–Crippen LogP) is 5.75. The average molecular weight is 405 g/mol. The summed E-state index contributed by atoms with van der Waals surface area (Å²) in [6.45, 7) is 0.556. The summed E-state index contributed by atoms with van der Waals surface area (Å²) in [6, 6.07) is 21.2. The van der Waals surface area contributed by atoms with Crippen LogP contribution in [0.4, 0.5) is 4.39 Å². The number of H-pyrrole nitrogens is 1. The molecule has 1 N–H and O–H groups in total. The molecule has 5 rings (SSSR count). The Morgan fingerprint density at radius 2 is 1.72 bits per heavy atom. The van der Waals surface area contributed by atoms with E-state index >= 15 is 0 Å². The van der Waals surface area contributed by atoms with Gasteiger partial charge in [0.15, 0.2) is 0 Å². The molecule has 3 aromatic carbocycles. The van der Waals surface area contributed by atoms with Gasteiger partial charge in [0.25, 0.3) is 5.91 Å². The third kappa shape index (κ3) is 3.00. The maximum absolute atomic E-state index is 13.6. The number of halogens is 2. The number of rotatable bonds is 2. The first-order valence-corrected chi connectivity index (χ1v) is 9.92. The summed E-state index contributed by atoms with van der Waals surface area (Å²) < 4.78 is 13.6. The summed E-state index contributed by atoms with van der Waals surface area (Å²) in [5, 5.41) is 1.59. The maximum Gasteiger partial charge on any atom is 0.256 e. The van der Waals surface area contributed by atoms with Crippen molar-refractivity contribution in [3.05, 3.63) is 106 Å². The normalized spacial score (nSPS) is 16.1. The Kier molecular flexibility index (Phi) is 4.36. The van der Waals surface area contributed by atoms with E-state index in [0.29, 0.717) is 17.1 Å². The minimum absolute atomic E-state index is 0.130. The van der Waals surface area contributed by atoms with E-state index in [2.05, 4.69) is 11.1 Å².